The van der Waals surface area contributed by atoms with E-state index in [1.165, 1.54) is 0 Å². The molecule has 1 aromatic carbocycles. The molecule has 2 aliphatic heterocycles. The van der Waals surface area contributed by atoms with Gasteiger partial charge in [0.25, 0.3) is 5.91 Å². The summed E-state index contributed by atoms with van der Waals surface area (Å²) in [6.45, 7) is 5.03. The van der Waals surface area contributed by atoms with Crippen molar-refractivity contribution >= 4 is 22.6 Å². The van der Waals surface area contributed by atoms with Crippen molar-refractivity contribution in [3.05, 3.63) is 24.0 Å². The Morgan fingerprint density at radius 1 is 1.25 bits per heavy atom. The molecule has 2 aromatic rings. The molecule has 128 valence electrons. The van der Waals surface area contributed by atoms with Gasteiger partial charge in [0.1, 0.15) is 5.82 Å². The number of ether oxygens (including phenoxy) is 3. The predicted molar refractivity (Wildman–Crippen MR) is 86.5 cm³/mol. The molecular formula is C16H20N4O4. The summed E-state index contributed by atoms with van der Waals surface area (Å²) in [7, 11) is 0. The number of carbonyl (C=O) groups excluding carboxylic acids is 1. The fourth-order valence-electron chi connectivity index (χ4n) is 2.90. The Labute approximate surface area is 139 Å². The molecule has 2 N–H and O–H groups in total. The number of aromatic amines is 1. The molecule has 24 heavy (non-hydrogen) atoms. The Morgan fingerprint density at radius 2 is 2.04 bits per heavy atom. The second-order valence-corrected chi connectivity index (χ2v) is 5.87. The Balaban J connectivity index is 1.45. The van der Waals surface area contributed by atoms with E-state index < -0.39 is 6.29 Å². The molecular weight excluding hydrogens is 312 g/mol. The van der Waals surface area contributed by atoms with Gasteiger partial charge in [0, 0.05) is 18.8 Å². The summed E-state index contributed by atoms with van der Waals surface area (Å²) >= 11 is 0. The summed E-state index contributed by atoms with van der Waals surface area (Å²) in [6, 6.07) is 5.59. The summed E-state index contributed by atoms with van der Waals surface area (Å²) in [5.74, 6) is 0.623. The molecule has 0 saturated carbocycles. The van der Waals surface area contributed by atoms with E-state index in [0.29, 0.717) is 18.9 Å². The van der Waals surface area contributed by atoms with Crippen molar-refractivity contribution in [3.63, 3.8) is 0 Å². The van der Waals surface area contributed by atoms with Crippen LogP contribution in [0.1, 0.15) is 5.82 Å². The van der Waals surface area contributed by atoms with Crippen molar-refractivity contribution in [1.29, 1.82) is 0 Å². The lowest BCUT2D eigenvalue weighted by Gasteiger charge is -2.25. The summed E-state index contributed by atoms with van der Waals surface area (Å²) in [5, 5.41) is 2.80. The number of nitrogens with zero attached hydrogens (tertiary/aromatic N) is 2. The van der Waals surface area contributed by atoms with Crippen molar-refractivity contribution in [2.24, 2.45) is 0 Å². The maximum atomic E-state index is 12.0. The molecule has 2 aliphatic rings. The number of hydrogen-bond acceptors (Lipinski definition) is 6. The lowest BCUT2D eigenvalue weighted by Crippen LogP contribution is -2.35. The number of hydrogen-bond donors (Lipinski definition) is 2. The lowest BCUT2D eigenvalue weighted by molar-refractivity contribution is -0.140. The molecule has 0 spiro atoms. The van der Waals surface area contributed by atoms with Crippen LogP contribution in [-0.4, -0.2) is 66.6 Å². The molecule has 1 amide bonds. The third-order valence-corrected chi connectivity index (χ3v) is 4.11. The SMILES string of the molecule is O=C(Nc1ccc2nc(CN3CCOCC3)[nH]c2c1)C1OCCO1. The van der Waals surface area contributed by atoms with Gasteiger partial charge in [-0.2, -0.15) is 0 Å². The van der Waals surface area contributed by atoms with Crippen molar-refractivity contribution in [2.75, 3.05) is 44.8 Å². The molecule has 3 heterocycles. The first-order valence-corrected chi connectivity index (χ1v) is 8.11. The highest BCUT2D eigenvalue weighted by molar-refractivity contribution is 5.95. The van der Waals surface area contributed by atoms with Gasteiger partial charge in [0.2, 0.25) is 6.29 Å². The van der Waals surface area contributed by atoms with E-state index in [9.17, 15) is 4.79 Å². The quantitative estimate of drug-likeness (QED) is 0.857. The lowest BCUT2D eigenvalue weighted by atomic mass is 10.2. The van der Waals surface area contributed by atoms with E-state index in [1.807, 2.05) is 18.2 Å². The number of nitrogens with one attached hydrogen (secondary N) is 2. The van der Waals surface area contributed by atoms with Gasteiger partial charge in [-0.1, -0.05) is 0 Å². The first-order chi connectivity index (χ1) is 11.8. The smallest absolute Gasteiger partial charge is 0.281 e. The average molecular weight is 332 g/mol. The van der Waals surface area contributed by atoms with Crippen LogP contribution in [-0.2, 0) is 25.5 Å². The van der Waals surface area contributed by atoms with Gasteiger partial charge in [-0.05, 0) is 18.2 Å². The number of H-pyrrole nitrogens is 1. The second-order valence-electron chi connectivity index (χ2n) is 5.87. The molecule has 0 radical (unpaired) electrons. The fraction of sp³-hybridized carbons (Fsp3) is 0.500. The van der Waals surface area contributed by atoms with Crippen molar-refractivity contribution in [3.8, 4) is 0 Å². The molecule has 1 aromatic heterocycles. The molecule has 0 bridgehead atoms. The van der Waals surface area contributed by atoms with Crippen molar-refractivity contribution in [2.45, 2.75) is 12.8 Å². The summed E-state index contributed by atoms with van der Waals surface area (Å²) in [4.78, 5) is 22.2. The van der Waals surface area contributed by atoms with Gasteiger partial charge in [0.05, 0.1) is 44.0 Å². The number of fused-ring (bicyclic) bond motifs is 1. The van der Waals surface area contributed by atoms with Crippen LogP contribution in [0.25, 0.3) is 11.0 Å². The zero-order valence-electron chi connectivity index (χ0n) is 13.3. The van der Waals surface area contributed by atoms with Crippen LogP contribution >= 0.6 is 0 Å². The number of rotatable bonds is 4. The van der Waals surface area contributed by atoms with Gasteiger partial charge in [-0.3, -0.25) is 9.69 Å². The number of morpholine rings is 1. The predicted octanol–water partition coefficient (Wildman–Crippen LogP) is 0.706. The van der Waals surface area contributed by atoms with Crippen molar-refractivity contribution < 1.29 is 19.0 Å². The maximum absolute atomic E-state index is 12.0. The molecule has 4 rings (SSSR count). The van der Waals surface area contributed by atoms with E-state index in [-0.39, 0.29) is 5.91 Å². The molecule has 8 nitrogen and oxygen atoms in total. The number of benzene rings is 1. The van der Waals surface area contributed by atoms with E-state index in [1.54, 1.807) is 0 Å². The fourth-order valence-corrected chi connectivity index (χ4v) is 2.90. The van der Waals surface area contributed by atoms with Crippen LogP contribution in [0, 0.1) is 0 Å². The summed E-state index contributed by atoms with van der Waals surface area (Å²) < 4.78 is 15.7. The van der Waals surface area contributed by atoms with Crippen LogP contribution < -0.4 is 5.32 Å². The molecule has 2 saturated heterocycles. The van der Waals surface area contributed by atoms with E-state index in [0.717, 1.165) is 49.7 Å². The number of anilines is 1. The van der Waals surface area contributed by atoms with Gasteiger partial charge in [-0.25, -0.2) is 4.98 Å². The highest BCUT2D eigenvalue weighted by Gasteiger charge is 2.24. The topological polar surface area (TPSA) is 88.7 Å². The zero-order valence-corrected chi connectivity index (χ0v) is 13.3. The standard InChI is InChI=1S/C16H20N4O4/c21-15(16-23-7-8-24-16)17-11-1-2-12-13(9-11)19-14(18-12)10-20-3-5-22-6-4-20/h1-2,9,16H,3-8,10H2,(H,17,21)(H,18,19). The number of carbonyl (C=O) groups is 1. The molecule has 0 unspecified atom stereocenters. The minimum absolute atomic E-state index is 0.292. The molecule has 0 atom stereocenters. The van der Waals surface area contributed by atoms with Gasteiger partial charge >= 0.3 is 0 Å². The van der Waals surface area contributed by atoms with Gasteiger partial charge < -0.3 is 24.5 Å². The highest BCUT2D eigenvalue weighted by Crippen LogP contribution is 2.19. The monoisotopic (exact) mass is 332 g/mol. The summed E-state index contributed by atoms with van der Waals surface area (Å²) in [5.41, 5.74) is 2.46. The highest BCUT2D eigenvalue weighted by atomic mass is 16.7. The summed E-state index contributed by atoms with van der Waals surface area (Å²) in [6.07, 6.45) is -0.820. The molecule has 0 aliphatic carbocycles. The number of amides is 1. The first-order valence-electron chi connectivity index (χ1n) is 8.11. The minimum atomic E-state index is -0.820. The molecule has 2 fully saturated rings. The second kappa shape index (κ2) is 6.86. The van der Waals surface area contributed by atoms with Crippen molar-refractivity contribution in [1.82, 2.24) is 14.9 Å². The normalized spacial score (nSPS) is 19.8. The van der Waals surface area contributed by atoms with Crippen LogP contribution in [0.4, 0.5) is 5.69 Å². The maximum Gasteiger partial charge on any atom is 0.281 e. The van der Waals surface area contributed by atoms with Gasteiger partial charge in [-0.15, -0.1) is 0 Å². The third-order valence-electron chi connectivity index (χ3n) is 4.11. The average Bonchev–Trinajstić information content (AvgIpc) is 3.24. The van der Waals surface area contributed by atoms with Crippen LogP contribution in [0.2, 0.25) is 0 Å². The van der Waals surface area contributed by atoms with Crippen LogP contribution in [0.5, 0.6) is 0 Å². The van der Waals surface area contributed by atoms with Crippen LogP contribution in [0.3, 0.4) is 0 Å². The Morgan fingerprint density at radius 3 is 2.83 bits per heavy atom. The van der Waals surface area contributed by atoms with Gasteiger partial charge in [0.15, 0.2) is 0 Å². The van der Waals surface area contributed by atoms with E-state index >= 15 is 0 Å². The number of imidazole rings is 1. The number of aromatic nitrogens is 2. The van der Waals surface area contributed by atoms with E-state index in [4.69, 9.17) is 14.2 Å². The largest absolute Gasteiger partial charge is 0.379 e. The zero-order chi connectivity index (χ0) is 16.4. The third kappa shape index (κ3) is 3.41. The molecule has 8 heteroatoms. The van der Waals surface area contributed by atoms with E-state index in [2.05, 4.69) is 20.2 Å². The Kier molecular flexibility index (Phi) is 4.44. The Bertz CT molecular complexity index is 720. The Hall–Kier alpha value is -2.00. The van der Waals surface area contributed by atoms with Crippen LogP contribution in [0.15, 0.2) is 18.2 Å². The minimum Gasteiger partial charge on any atom is -0.379 e. The first kappa shape index (κ1) is 15.5.